The highest BCUT2D eigenvalue weighted by atomic mass is 16.3. The first-order chi connectivity index (χ1) is 7.25. The number of nitrogens with zero attached hydrogens (tertiary/aromatic N) is 1. The quantitative estimate of drug-likeness (QED) is 0.736. The Balaban J connectivity index is 2.37. The van der Waals surface area contributed by atoms with Crippen molar-refractivity contribution in [3.8, 4) is 5.75 Å². The number of hydrogen-bond acceptors (Lipinski definition) is 3. The molecule has 1 aliphatic carbocycles. The van der Waals surface area contributed by atoms with E-state index < -0.39 is 0 Å². The van der Waals surface area contributed by atoms with Gasteiger partial charge in [0.15, 0.2) is 0 Å². The lowest BCUT2D eigenvalue weighted by Gasteiger charge is -2.02. The van der Waals surface area contributed by atoms with Gasteiger partial charge in [-0.3, -0.25) is 4.79 Å². The molecule has 76 valence electrons. The van der Waals surface area contributed by atoms with Crippen LogP contribution in [0.15, 0.2) is 23.0 Å². The minimum absolute atomic E-state index is 0.0699. The molecule has 2 aromatic rings. The van der Waals surface area contributed by atoms with Crippen LogP contribution in [-0.4, -0.2) is 15.1 Å². The molecule has 0 atom stereocenters. The summed E-state index contributed by atoms with van der Waals surface area (Å²) in [6.07, 6.45) is 2.14. The van der Waals surface area contributed by atoms with Crippen molar-refractivity contribution in [3.05, 3.63) is 34.4 Å². The monoisotopic (exact) mass is 202 g/mol. The van der Waals surface area contributed by atoms with Gasteiger partial charge in [0, 0.05) is 5.92 Å². The van der Waals surface area contributed by atoms with Gasteiger partial charge in [0.1, 0.15) is 17.1 Å². The van der Waals surface area contributed by atoms with E-state index in [4.69, 9.17) is 0 Å². The third-order valence-corrected chi connectivity index (χ3v) is 2.70. The molecule has 0 saturated heterocycles. The molecule has 0 unspecified atom stereocenters. The number of para-hydroxylation sites is 1. The Morgan fingerprint density at radius 3 is 2.93 bits per heavy atom. The summed E-state index contributed by atoms with van der Waals surface area (Å²) >= 11 is 0. The summed E-state index contributed by atoms with van der Waals surface area (Å²) < 4.78 is 0. The lowest BCUT2D eigenvalue weighted by atomic mass is 10.2. The zero-order valence-electron chi connectivity index (χ0n) is 8.03. The summed E-state index contributed by atoms with van der Waals surface area (Å²) in [6, 6.07) is 4.86. The first-order valence-electron chi connectivity index (χ1n) is 4.97. The summed E-state index contributed by atoms with van der Waals surface area (Å²) in [5.74, 6) is 1.15. The predicted octanol–water partition coefficient (Wildman–Crippen LogP) is 1.51. The third kappa shape index (κ3) is 1.29. The zero-order valence-corrected chi connectivity index (χ0v) is 8.03. The molecule has 1 saturated carbocycles. The van der Waals surface area contributed by atoms with E-state index in [0.29, 0.717) is 22.6 Å². The van der Waals surface area contributed by atoms with Crippen LogP contribution in [0.4, 0.5) is 0 Å². The second-order valence-corrected chi connectivity index (χ2v) is 3.90. The van der Waals surface area contributed by atoms with Crippen molar-refractivity contribution in [2.45, 2.75) is 18.8 Å². The van der Waals surface area contributed by atoms with Gasteiger partial charge >= 0.3 is 0 Å². The minimum Gasteiger partial charge on any atom is -0.506 e. The second-order valence-electron chi connectivity index (χ2n) is 3.90. The highest BCUT2D eigenvalue weighted by Gasteiger charge is 2.26. The maximum Gasteiger partial charge on any atom is 0.258 e. The number of H-pyrrole nitrogens is 1. The number of rotatable bonds is 1. The van der Waals surface area contributed by atoms with Gasteiger partial charge in [-0.1, -0.05) is 6.07 Å². The Morgan fingerprint density at radius 2 is 2.20 bits per heavy atom. The van der Waals surface area contributed by atoms with E-state index >= 15 is 0 Å². The van der Waals surface area contributed by atoms with Crippen molar-refractivity contribution < 1.29 is 5.11 Å². The number of benzene rings is 1. The molecule has 1 aromatic heterocycles. The third-order valence-electron chi connectivity index (χ3n) is 2.70. The number of fused-ring (bicyclic) bond motifs is 1. The Bertz CT molecular complexity index is 585. The van der Waals surface area contributed by atoms with Gasteiger partial charge in [-0.05, 0) is 25.0 Å². The largest absolute Gasteiger partial charge is 0.506 e. The normalized spacial score (nSPS) is 15.7. The number of aromatic nitrogens is 2. The highest BCUT2D eigenvalue weighted by molar-refractivity contribution is 5.83. The molecule has 1 aliphatic rings. The van der Waals surface area contributed by atoms with Gasteiger partial charge in [0.05, 0.1) is 5.39 Å². The van der Waals surface area contributed by atoms with Crippen molar-refractivity contribution in [2.24, 2.45) is 0 Å². The van der Waals surface area contributed by atoms with Crippen molar-refractivity contribution in [3.63, 3.8) is 0 Å². The average Bonchev–Trinajstić information content (AvgIpc) is 3.02. The summed E-state index contributed by atoms with van der Waals surface area (Å²) in [4.78, 5) is 18.7. The van der Waals surface area contributed by atoms with E-state index in [2.05, 4.69) is 9.97 Å². The van der Waals surface area contributed by atoms with Gasteiger partial charge in [-0.25, -0.2) is 4.98 Å². The summed E-state index contributed by atoms with van der Waals surface area (Å²) in [6.45, 7) is 0. The molecule has 3 rings (SSSR count). The molecule has 1 aromatic carbocycles. The molecule has 15 heavy (non-hydrogen) atoms. The molecule has 2 N–H and O–H groups in total. The number of nitrogens with one attached hydrogen (secondary N) is 1. The van der Waals surface area contributed by atoms with Crippen LogP contribution >= 0.6 is 0 Å². The molecule has 0 aliphatic heterocycles. The van der Waals surface area contributed by atoms with Crippen molar-refractivity contribution >= 4 is 10.9 Å². The van der Waals surface area contributed by atoms with Crippen LogP contribution in [-0.2, 0) is 0 Å². The Kier molecular flexibility index (Phi) is 1.59. The number of aromatic hydroxyl groups is 1. The number of phenolic OH excluding ortho intramolecular Hbond substituents is 1. The molecule has 0 radical (unpaired) electrons. The maximum absolute atomic E-state index is 11.7. The van der Waals surface area contributed by atoms with Crippen LogP contribution in [0.25, 0.3) is 10.9 Å². The van der Waals surface area contributed by atoms with Gasteiger partial charge in [0.2, 0.25) is 0 Å². The Hall–Kier alpha value is -1.84. The lowest BCUT2D eigenvalue weighted by molar-refractivity contribution is 0.480. The summed E-state index contributed by atoms with van der Waals surface area (Å²) in [5.41, 5.74) is 0.237. The molecule has 0 amide bonds. The van der Waals surface area contributed by atoms with Gasteiger partial charge in [-0.15, -0.1) is 0 Å². The van der Waals surface area contributed by atoms with E-state index in [1.54, 1.807) is 18.2 Å². The topological polar surface area (TPSA) is 66.0 Å². The molecule has 0 spiro atoms. The van der Waals surface area contributed by atoms with Crippen LogP contribution < -0.4 is 5.56 Å². The Morgan fingerprint density at radius 1 is 1.40 bits per heavy atom. The fourth-order valence-corrected chi connectivity index (χ4v) is 1.71. The first-order valence-corrected chi connectivity index (χ1v) is 4.97. The molecular formula is C11H10N2O2. The average molecular weight is 202 g/mol. The number of hydrogen-bond donors (Lipinski definition) is 2. The molecule has 4 heteroatoms. The minimum atomic E-state index is -0.169. The molecule has 0 bridgehead atoms. The Labute approximate surface area is 85.6 Å². The van der Waals surface area contributed by atoms with Crippen LogP contribution in [0.1, 0.15) is 24.6 Å². The summed E-state index contributed by atoms with van der Waals surface area (Å²) in [5, 5.41) is 10.1. The van der Waals surface area contributed by atoms with Crippen LogP contribution in [0.2, 0.25) is 0 Å². The van der Waals surface area contributed by atoms with E-state index in [1.807, 2.05) is 0 Å². The predicted molar refractivity (Wildman–Crippen MR) is 56.0 cm³/mol. The summed E-state index contributed by atoms with van der Waals surface area (Å²) in [7, 11) is 0. The van der Waals surface area contributed by atoms with Gasteiger partial charge < -0.3 is 10.1 Å². The first kappa shape index (κ1) is 8.47. The van der Waals surface area contributed by atoms with E-state index in [0.717, 1.165) is 12.8 Å². The van der Waals surface area contributed by atoms with Gasteiger partial charge in [0.25, 0.3) is 5.56 Å². The number of aromatic amines is 1. The molecule has 1 fully saturated rings. The smallest absolute Gasteiger partial charge is 0.258 e. The van der Waals surface area contributed by atoms with Crippen LogP contribution in [0.3, 0.4) is 0 Å². The van der Waals surface area contributed by atoms with Crippen molar-refractivity contribution in [1.82, 2.24) is 9.97 Å². The standard InChI is InChI=1S/C11H10N2O2/c14-8-3-1-2-7-9(8)12-10(6-4-5-6)13-11(7)15/h1-3,6,14H,4-5H2,(H,12,13,15). The van der Waals surface area contributed by atoms with E-state index in [9.17, 15) is 9.90 Å². The fourth-order valence-electron chi connectivity index (χ4n) is 1.71. The molecular weight excluding hydrogens is 192 g/mol. The second kappa shape index (κ2) is 2.82. The zero-order chi connectivity index (χ0) is 10.4. The molecule has 4 nitrogen and oxygen atoms in total. The molecule has 1 heterocycles. The highest BCUT2D eigenvalue weighted by Crippen LogP contribution is 2.38. The SMILES string of the molecule is O=c1[nH]c(C2CC2)nc2c(O)cccc12. The van der Waals surface area contributed by atoms with Crippen molar-refractivity contribution in [1.29, 1.82) is 0 Å². The van der Waals surface area contributed by atoms with Crippen LogP contribution in [0, 0.1) is 0 Å². The fraction of sp³-hybridized carbons (Fsp3) is 0.273. The van der Waals surface area contributed by atoms with Gasteiger partial charge in [-0.2, -0.15) is 0 Å². The lowest BCUT2D eigenvalue weighted by Crippen LogP contribution is -2.11. The van der Waals surface area contributed by atoms with Crippen molar-refractivity contribution in [2.75, 3.05) is 0 Å². The van der Waals surface area contributed by atoms with E-state index in [1.165, 1.54) is 0 Å². The van der Waals surface area contributed by atoms with E-state index in [-0.39, 0.29) is 11.3 Å². The maximum atomic E-state index is 11.7. The number of phenols is 1. The van der Waals surface area contributed by atoms with Crippen LogP contribution in [0.5, 0.6) is 5.75 Å².